The predicted octanol–water partition coefficient (Wildman–Crippen LogP) is 0.545. The van der Waals surface area contributed by atoms with Crippen molar-refractivity contribution in [2.75, 3.05) is 13.2 Å². The number of esters is 1. The molecular weight excluding hydrogens is 222 g/mol. The summed E-state index contributed by atoms with van der Waals surface area (Å²) in [5.41, 5.74) is 0.212. The van der Waals surface area contributed by atoms with Crippen molar-refractivity contribution < 1.29 is 14.6 Å². The van der Waals surface area contributed by atoms with E-state index in [1.807, 2.05) is 6.92 Å². The molecule has 0 aliphatic heterocycles. The van der Waals surface area contributed by atoms with Crippen LogP contribution in [0.2, 0.25) is 0 Å². The van der Waals surface area contributed by atoms with Gasteiger partial charge < -0.3 is 9.84 Å². The van der Waals surface area contributed by atoms with Gasteiger partial charge >= 0.3 is 5.97 Å². The first-order valence-corrected chi connectivity index (χ1v) is 5.59. The Labute approximate surface area is 100 Å². The molecule has 17 heavy (non-hydrogen) atoms. The lowest BCUT2D eigenvalue weighted by Crippen LogP contribution is -2.32. The third-order valence-electron chi connectivity index (χ3n) is 2.49. The first kappa shape index (κ1) is 13.6. The van der Waals surface area contributed by atoms with Crippen molar-refractivity contribution in [3.8, 4) is 0 Å². The number of aromatic amines is 1. The maximum absolute atomic E-state index is 11.4. The van der Waals surface area contributed by atoms with Gasteiger partial charge in [0.05, 0.1) is 31.0 Å². The minimum Gasteiger partial charge on any atom is -0.465 e. The van der Waals surface area contributed by atoms with Crippen LogP contribution in [0.1, 0.15) is 26.5 Å². The van der Waals surface area contributed by atoms with E-state index in [2.05, 4.69) is 15.4 Å². The minimum absolute atomic E-state index is 0.0781. The summed E-state index contributed by atoms with van der Waals surface area (Å²) in [6.45, 7) is 5.49. The Morgan fingerprint density at radius 3 is 2.82 bits per heavy atom. The van der Waals surface area contributed by atoms with Crippen molar-refractivity contribution in [3.63, 3.8) is 0 Å². The van der Waals surface area contributed by atoms with Crippen LogP contribution in [0.25, 0.3) is 0 Å². The number of aliphatic hydroxyl groups excluding tert-OH is 1. The zero-order valence-corrected chi connectivity index (χ0v) is 10.4. The number of nitrogens with one attached hydrogen (secondary N) is 1. The Hall–Kier alpha value is -1.43. The van der Waals surface area contributed by atoms with Crippen molar-refractivity contribution in [3.05, 3.63) is 11.9 Å². The van der Waals surface area contributed by atoms with Crippen LogP contribution in [0.5, 0.6) is 0 Å². The number of H-pyrrole nitrogens is 1. The molecule has 0 fully saturated rings. The highest BCUT2D eigenvalue weighted by Gasteiger charge is 2.27. The molecule has 1 atom stereocenters. The van der Waals surface area contributed by atoms with E-state index in [4.69, 9.17) is 4.74 Å². The molecule has 0 aliphatic carbocycles. The first-order valence-electron chi connectivity index (χ1n) is 5.59. The van der Waals surface area contributed by atoms with Crippen LogP contribution < -0.4 is 0 Å². The number of aromatic nitrogens is 3. The Morgan fingerprint density at radius 2 is 2.35 bits per heavy atom. The molecule has 1 aromatic heterocycles. The third kappa shape index (κ3) is 4.14. The number of aliphatic hydroxyl groups is 1. The molecule has 0 bridgehead atoms. The van der Waals surface area contributed by atoms with Gasteiger partial charge in [0.2, 0.25) is 0 Å². The van der Waals surface area contributed by atoms with Gasteiger partial charge in [0.1, 0.15) is 0 Å². The van der Waals surface area contributed by atoms with Crippen LogP contribution >= 0.6 is 0 Å². The summed E-state index contributed by atoms with van der Waals surface area (Å²) in [7, 11) is 0. The van der Waals surface area contributed by atoms with Gasteiger partial charge in [0, 0.05) is 11.8 Å². The molecule has 1 heterocycles. The molecule has 96 valence electrons. The zero-order chi connectivity index (χ0) is 12.9. The fourth-order valence-corrected chi connectivity index (χ4v) is 1.31. The van der Waals surface area contributed by atoms with Gasteiger partial charge in [-0.1, -0.05) is 20.8 Å². The summed E-state index contributed by atoms with van der Waals surface area (Å²) in [6, 6.07) is 0. The molecule has 0 spiro atoms. The lowest BCUT2D eigenvalue weighted by molar-refractivity contribution is -0.151. The Balaban J connectivity index is 2.53. The smallest absolute Gasteiger partial charge is 0.308 e. The largest absolute Gasteiger partial charge is 0.465 e. The zero-order valence-electron chi connectivity index (χ0n) is 10.4. The average molecular weight is 241 g/mol. The van der Waals surface area contributed by atoms with E-state index in [0.717, 1.165) is 5.69 Å². The Kier molecular flexibility index (Phi) is 4.62. The van der Waals surface area contributed by atoms with Gasteiger partial charge in [-0.05, 0) is 0 Å². The molecule has 0 saturated carbocycles. The van der Waals surface area contributed by atoms with E-state index in [-0.39, 0.29) is 25.1 Å². The molecule has 1 rings (SSSR count). The maximum atomic E-state index is 11.4. The van der Waals surface area contributed by atoms with Gasteiger partial charge in [0.15, 0.2) is 0 Å². The number of nitrogens with zero attached hydrogens (tertiary/aromatic N) is 2. The molecule has 6 nitrogen and oxygen atoms in total. The standard InChI is InChI=1S/C11H19N3O3/c1-8(2)10(16)17-7-11(3,6-15)4-9-5-12-14-13-9/h5,8,15H,4,6-7H2,1-3H3,(H,12,13,14). The van der Waals surface area contributed by atoms with Crippen LogP contribution in [0.15, 0.2) is 6.20 Å². The number of hydrogen-bond donors (Lipinski definition) is 2. The fourth-order valence-electron chi connectivity index (χ4n) is 1.31. The lowest BCUT2D eigenvalue weighted by Gasteiger charge is -2.26. The molecule has 0 aliphatic rings. The second kappa shape index (κ2) is 5.77. The second-order valence-electron chi connectivity index (χ2n) is 4.87. The summed E-state index contributed by atoms with van der Waals surface area (Å²) in [5.74, 6) is -0.421. The molecule has 0 amide bonds. The van der Waals surface area contributed by atoms with E-state index in [1.54, 1.807) is 20.0 Å². The van der Waals surface area contributed by atoms with Gasteiger partial charge in [-0.2, -0.15) is 15.4 Å². The molecule has 2 N–H and O–H groups in total. The van der Waals surface area contributed by atoms with Crippen LogP contribution in [0.4, 0.5) is 0 Å². The highest BCUT2D eigenvalue weighted by atomic mass is 16.5. The van der Waals surface area contributed by atoms with E-state index in [1.165, 1.54) is 0 Å². The molecule has 1 aromatic rings. The van der Waals surface area contributed by atoms with Gasteiger partial charge in [-0.15, -0.1) is 0 Å². The molecule has 1 unspecified atom stereocenters. The first-order chi connectivity index (χ1) is 7.97. The van der Waals surface area contributed by atoms with E-state index in [9.17, 15) is 9.90 Å². The molecule has 0 radical (unpaired) electrons. The van der Waals surface area contributed by atoms with Gasteiger partial charge in [-0.3, -0.25) is 4.79 Å². The highest BCUT2D eigenvalue weighted by molar-refractivity contribution is 5.71. The second-order valence-corrected chi connectivity index (χ2v) is 4.87. The molecule has 6 heteroatoms. The van der Waals surface area contributed by atoms with Crippen LogP contribution in [-0.2, 0) is 16.0 Å². The van der Waals surface area contributed by atoms with Crippen molar-refractivity contribution in [2.24, 2.45) is 11.3 Å². The van der Waals surface area contributed by atoms with Gasteiger partial charge in [-0.25, -0.2) is 0 Å². The number of ether oxygens (including phenoxy) is 1. The van der Waals surface area contributed by atoms with Crippen LogP contribution in [0.3, 0.4) is 0 Å². The van der Waals surface area contributed by atoms with Crippen LogP contribution in [0, 0.1) is 11.3 Å². The quantitative estimate of drug-likeness (QED) is 0.710. The average Bonchev–Trinajstić information content (AvgIpc) is 2.78. The SMILES string of the molecule is CC(C)C(=O)OCC(C)(CO)Cc1cn[nH]n1. The molecular formula is C11H19N3O3. The predicted molar refractivity (Wildman–Crippen MR) is 61.1 cm³/mol. The Bertz CT molecular complexity index is 351. The van der Waals surface area contributed by atoms with Crippen molar-refractivity contribution in [1.82, 2.24) is 15.4 Å². The van der Waals surface area contributed by atoms with Gasteiger partial charge in [0.25, 0.3) is 0 Å². The number of rotatable bonds is 6. The summed E-state index contributed by atoms with van der Waals surface area (Å²) >= 11 is 0. The van der Waals surface area contributed by atoms with Crippen molar-refractivity contribution in [1.29, 1.82) is 0 Å². The number of carbonyl (C=O) groups is 1. The summed E-state index contributed by atoms with van der Waals surface area (Å²) in [5, 5.41) is 19.5. The maximum Gasteiger partial charge on any atom is 0.308 e. The lowest BCUT2D eigenvalue weighted by atomic mass is 9.87. The minimum atomic E-state index is -0.526. The number of carbonyl (C=O) groups excluding carboxylic acids is 1. The Morgan fingerprint density at radius 1 is 1.65 bits per heavy atom. The third-order valence-corrected chi connectivity index (χ3v) is 2.49. The monoisotopic (exact) mass is 241 g/mol. The molecule has 0 aromatic carbocycles. The fraction of sp³-hybridized carbons (Fsp3) is 0.727. The number of hydrogen-bond acceptors (Lipinski definition) is 5. The topological polar surface area (TPSA) is 88.1 Å². The van der Waals surface area contributed by atoms with E-state index >= 15 is 0 Å². The summed E-state index contributed by atoms with van der Waals surface area (Å²) in [4.78, 5) is 11.4. The summed E-state index contributed by atoms with van der Waals surface area (Å²) in [6.07, 6.45) is 2.10. The van der Waals surface area contributed by atoms with Crippen molar-refractivity contribution in [2.45, 2.75) is 27.2 Å². The van der Waals surface area contributed by atoms with Crippen LogP contribution in [-0.4, -0.2) is 39.7 Å². The van der Waals surface area contributed by atoms with E-state index < -0.39 is 5.41 Å². The van der Waals surface area contributed by atoms with E-state index in [0.29, 0.717) is 6.42 Å². The van der Waals surface area contributed by atoms with Crippen molar-refractivity contribution >= 4 is 5.97 Å². The normalized spacial score (nSPS) is 14.6. The molecule has 0 saturated heterocycles. The highest BCUT2D eigenvalue weighted by Crippen LogP contribution is 2.21. The summed E-state index contributed by atoms with van der Waals surface area (Å²) < 4.78 is 5.15.